The van der Waals surface area contributed by atoms with E-state index >= 15 is 0 Å². The number of carbonyl (C=O) groups is 1. The fourth-order valence-corrected chi connectivity index (χ4v) is 3.44. The SMILES string of the molecule is O=C(CSc1cc(F)ccc1F)N1CCOC(c2ccc(F)cc2)C1. The van der Waals surface area contributed by atoms with Gasteiger partial charge in [0.05, 0.1) is 18.9 Å². The van der Waals surface area contributed by atoms with E-state index in [1.807, 2.05) is 0 Å². The highest BCUT2D eigenvalue weighted by molar-refractivity contribution is 8.00. The van der Waals surface area contributed by atoms with E-state index in [1.54, 1.807) is 17.0 Å². The van der Waals surface area contributed by atoms with Crippen molar-refractivity contribution in [3.63, 3.8) is 0 Å². The Balaban J connectivity index is 1.60. The summed E-state index contributed by atoms with van der Waals surface area (Å²) in [5.41, 5.74) is 0.794. The number of nitrogens with zero attached hydrogens (tertiary/aromatic N) is 1. The fourth-order valence-electron chi connectivity index (χ4n) is 2.57. The second-order valence-corrected chi connectivity index (χ2v) is 6.63. The third-order valence-corrected chi connectivity index (χ3v) is 4.92. The summed E-state index contributed by atoms with van der Waals surface area (Å²) in [6.45, 7) is 1.14. The van der Waals surface area contributed by atoms with Gasteiger partial charge in [-0.2, -0.15) is 0 Å². The molecule has 0 bridgehead atoms. The van der Waals surface area contributed by atoms with Crippen molar-refractivity contribution in [2.45, 2.75) is 11.0 Å². The Hall–Kier alpha value is -1.99. The van der Waals surface area contributed by atoms with E-state index in [-0.39, 0.29) is 28.5 Å². The molecule has 0 N–H and O–H groups in total. The van der Waals surface area contributed by atoms with E-state index in [0.29, 0.717) is 19.7 Å². The molecule has 2 aromatic carbocycles. The van der Waals surface area contributed by atoms with E-state index in [9.17, 15) is 18.0 Å². The first kappa shape index (κ1) is 17.8. The predicted molar refractivity (Wildman–Crippen MR) is 88.8 cm³/mol. The van der Waals surface area contributed by atoms with Crippen LogP contribution in [-0.2, 0) is 9.53 Å². The minimum absolute atomic E-state index is 0.0104. The number of carbonyl (C=O) groups excluding carboxylic acids is 1. The number of thioether (sulfide) groups is 1. The molecule has 1 atom stereocenters. The van der Waals surface area contributed by atoms with Gasteiger partial charge in [-0.3, -0.25) is 4.79 Å². The first-order valence-corrected chi connectivity index (χ1v) is 8.74. The van der Waals surface area contributed by atoms with Crippen molar-refractivity contribution >= 4 is 17.7 Å². The minimum atomic E-state index is -0.551. The van der Waals surface area contributed by atoms with Crippen LogP contribution in [0.25, 0.3) is 0 Å². The van der Waals surface area contributed by atoms with Gasteiger partial charge < -0.3 is 9.64 Å². The normalized spacial score (nSPS) is 17.6. The molecule has 3 rings (SSSR count). The van der Waals surface area contributed by atoms with Gasteiger partial charge in [0, 0.05) is 11.4 Å². The average molecular weight is 367 g/mol. The summed E-state index contributed by atoms with van der Waals surface area (Å²) >= 11 is 0.965. The van der Waals surface area contributed by atoms with Crippen molar-refractivity contribution in [1.82, 2.24) is 4.90 Å². The number of amides is 1. The maximum absolute atomic E-state index is 13.6. The Morgan fingerprint density at radius 3 is 2.60 bits per heavy atom. The monoisotopic (exact) mass is 367 g/mol. The molecule has 0 saturated carbocycles. The van der Waals surface area contributed by atoms with Crippen LogP contribution in [0.3, 0.4) is 0 Å². The maximum atomic E-state index is 13.6. The topological polar surface area (TPSA) is 29.5 Å². The summed E-state index contributed by atoms with van der Waals surface area (Å²) in [6, 6.07) is 9.12. The van der Waals surface area contributed by atoms with Gasteiger partial charge in [0.2, 0.25) is 5.91 Å². The van der Waals surface area contributed by atoms with Crippen molar-refractivity contribution in [1.29, 1.82) is 0 Å². The van der Waals surface area contributed by atoms with Crippen molar-refractivity contribution in [3.05, 3.63) is 65.5 Å². The van der Waals surface area contributed by atoms with Crippen molar-refractivity contribution < 1.29 is 22.7 Å². The molecular formula is C18H16F3NO2S. The van der Waals surface area contributed by atoms with E-state index in [2.05, 4.69) is 0 Å². The molecular weight excluding hydrogens is 351 g/mol. The summed E-state index contributed by atoms with van der Waals surface area (Å²) < 4.78 is 45.5. The van der Waals surface area contributed by atoms with Crippen LogP contribution in [0.4, 0.5) is 13.2 Å². The molecule has 1 heterocycles. The lowest BCUT2D eigenvalue weighted by molar-refractivity contribution is -0.136. The highest BCUT2D eigenvalue weighted by Crippen LogP contribution is 2.26. The molecule has 1 amide bonds. The molecule has 1 aliphatic rings. The molecule has 132 valence electrons. The Labute approximate surface area is 147 Å². The number of halogens is 3. The molecule has 0 spiro atoms. The van der Waals surface area contributed by atoms with Crippen molar-refractivity contribution in [3.8, 4) is 0 Å². The summed E-state index contributed by atoms with van der Waals surface area (Å²) in [5, 5.41) is 0. The van der Waals surface area contributed by atoms with Crippen LogP contribution < -0.4 is 0 Å². The van der Waals surface area contributed by atoms with Gasteiger partial charge >= 0.3 is 0 Å². The zero-order chi connectivity index (χ0) is 17.8. The quantitative estimate of drug-likeness (QED) is 0.770. The van der Waals surface area contributed by atoms with Gasteiger partial charge in [-0.25, -0.2) is 13.2 Å². The number of hydrogen-bond acceptors (Lipinski definition) is 3. The van der Waals surface area contributed by atoms with Crippen LogP contribution in [0.5, 0.6) is 0 Å². The minimum Gasteiger partial charge on any atom is -0.370 e. The summed E-state index contributed by atoms with van der Waals surface area (Å²) in [6.07, 6.45) is -0.325. The zero-order valence-corrected chi connectivity index (χ0v) is 14.1. The van der Waals surface area contributed by atoms with E-state index < -0.39 is 11.6 Å². The second-order valence-electron chi connectivity index (χ2n) is 5.61. The van der Waals surface area contributed by atoms with Gasteiger partial charge in [-0.1, -0.05) is 12.1 Å². The smallest absolute Gasteiger partial charge is 0.233 e. The lowest BCUT2D eigenvalue weighted by atomic mass is 10.1. The Kier molecular flexibility index (Phi) is 5.65. The average Bonchev–Trinajstić information content (AvgIpc) is 2.63. The Morgan fingerprint density at radius 2 is 1.84 bits per heavy atom. The molecule has 2 aromatic rings. The van der Waals surface area contributed by atoms with Gasteiger partial charge in [0.15, 0.2) is 0 Å². The second kappa shape index (κ2) is 7.93. The predicted octanol–water partition coefficient (Wildman–Crippen LogP) is 3.80. The van der Waals surface area contributed by atoms with Crippen molar-refractivity contribution in [2.75, 3.05) is 25.4 Å². The van der Waals surface area contributed by atoms with Crippen LogP contribution in [-0.4, -0.2) is 36.3 Å². The standard InChI is InChI=1S/C18H16F3NO2S/c19-13-3-1-12(2-4-13)16-10-22(7-8-24-16)18(23)11-25-17-9-14(20)5-6-15(17)21/h1-6,9,16H,7-8,10-11H2. The van der Waals surface area contributed by atoms with Crippen LogP contribution in [0, 0.1) is 17.5 Å². The summed E-state index contributed by atoms with van der Waals surface area (Å²) in [4.78, 5) is 14.1. The van der Waals surface area contributed by atoms with E-state index in [1.165, 1.54) is 12.1 Å². The number of benzene rings is 2. The van der Waals surface area contributed by atoms with Gasteiger partial charge in [0.25, 0.3) is 0 Å². The van der Waals surface area contributed by atoms with Crippen LogP contribution >= 0.6 is 11.8 Å². The summed E-state index contributed by atoms with van der Waals surface area (Å²) in [5.74, 6) is -1.59. The van der Waals surface area contributed by atoms with Gasteiger partial charge in [-0.15, -0.1) is 11.8 Å². The van der Waals surface area contributed by atoms with Gasteiger partial charge in [-0.05, 0) is 35.9 Å². The Bertz CT molecular complexity index is 754. The molecule has 1 saturated heterocycles. The fraction of sp³-hybridized carbons (Fsp3) is 0.278. The third kappa shape index (κ3) is 4.55. The molecule has 1 aliphatic heterocycles. The molecule has 0 aliphatic carbocycles. The van der Waals surface area contributed by atoms with Crippen LogP contribution in [0.1, 0.15) is 11.7 Å². The number of morpholine rings is 1. The third-order valence-electron chi connectivity index (χ3n) is 3.91. The molecule has 0 radical (unpaired) electrons. The lowest BCUT2D eigenvalue weighted by Crippen LogP contribution is -2.43. The number of rotatable bonds is 4. The maximum Gasteiger partial charge on any atom is 0.233 e. The first-order valence-electron chi connectivity index (χ1n) is 7.75. The highest BCUT2D eigenvalue weighted by Gasteiger charge is 2.25. The number of hydrogen-bond donors (Lipinski definition) is 0. The number of ether oxygens (including phenoxy) is 1. The van der Waals surface area contributed by atoms with E-state index in [4.69, 9.17) is 4.74 Å². The van der Waals surface area contributed by atoms with Crippen LogP contribution in [0.2, 0.25) is 0 Å². The Morgan fingerprint density at radius 1 is 1.12 bits per heavy atom. The molecule has 7 heteroatoms. The molecule has 3 nitrogen and oxygen atoms in total. The largest absolute Gasteiger partial charge is 0.370 e. The lowest BCUT2D eigenvalue weighted by Gasteiger charge is -2.33. The highest BCUT2D eigenvalue weighted by atomic mass is 32.2. The molecule has 1 fully saturated rings. The van der Waals surface area contributed by atoms with Crippen molar-refractivity contribution in [2.24, 2.45) is 0 Å². The first-order chi connectivity index (χ1) is 12.0. The van der Waals surface area contributed by atoms with E-state index in [0.717, 1.165) is 35.5 Å². The van der Waals surface area contributed by atoms with Gasteiger partial charge in [0.1, 0.15) is 23.6 Å². The molecule has 25 heavy (non-hydrogen) atoms. The molecule has 0 aromatic heterocycles. The molecule has 1 unspecified atom stereocenters. The summed E-state index contributed by atoms with van der Waals surface area (Å²) in [7, 11) is 0. The van der Waals surface area contributed by atoms with Crippen LogP contribution in [0.15, 0.2) is 47.4 Å². The zero-order valence-electron chi connectivity index (χ0n) is 13.3.